The molecule has 4 amide bonds. The van der Waals surface area contributed by atoms with E-state index >= 15 is 0 Å². The van der Waals surface area contributed by atoms with E-state index in [1.807, 2.05) is 0 Å². The number of β-lactam (4-membered cyclic amide) rings is 1. The highest BCUT2D eigenvalue weighted by molar-refractivity contribution is 8.03. The molecule has 18 nitrogen and oxygen atoms in total. The molecular weight excluding hydrogens is 692 g/mol. The Morgan fingerprint density at radius 2 is 1.61 bits per heavy atom. The van der Waals surface area contributed by atoms with Crippen LogP contribution in [-0.4, -0.2) is 98.5 Å². The number of non-ortho nitro benzene ring substituents is 2. The smallest absolute Gasteiger partial charge is 0.410 e. The number of nitro groups is 2. The van der Waals surface area contributed by atoms with Crippen LogP contribution in [0.1, 0.15) is 30.9 Å². The summed E-state index contributed by atoms with van der Waals surface area (Å²) in [5.41, 5.74) is 5.98. The molecule has 0 radical (unpaired) electrons. The van der Waals surface area contributed by atoms with Crippen molar-refractivity contribution in [1.29, 1.82) is 0 Å². The minimum absolute atomic E-state index is 0.0540. The average Bonchev–Trinajstić information content (AvgIpc) is 3.64. The van der Waals surface area contributed by atoms with Crippen LogP contribution in [-0.2, 0) is 37.0 Å². The van der Waals surface area contributed by atoms with Gasteiger partial charge in [0.15, 0.2) is 0 Å². The topological polar surface area (TPSA) is 247 Å². The van der Waals surface area contributed by atoms with E-state index in [2.05, 4.69) is 5.32 Å². The number of nitro benzene ring substituents is 2. The number of carbonyl (C=O) groups excluding carboxylic acids is 4. The van der Waals surface area contributed by atoms with Crippen LogP contribution in [0.3, 0.4) is 0 Å². The molecule has 51 heavy (non-hydrogen) atoms. The van der Waals surface area contributed by atoms with Gasteiger partial charge in [0.1, 0.15) is 18.9 Å². The highest BCUT2D eigenvalue weighted by atomic mass is 32.2. The molecule has 0 spiro atoms. The van der Waals surface area contributed by atoms with Gasteiger partial charge in [0.05, 0.1) is 47.2 Å². The van der Waals surface area contributed by atoms with Crippen LogP contribution < -0.4 is 11.1 Å². The summed E-state index contributed by atoms with van der Waals surface area (Å²) >= 11 is 1.32. The third-order valence-corrected chi connectivity index (χ3v) is 10.0. The highest BCUT2D eigenvalue weighted by Crippen LogP contribution is 2.49. The number of nitrogens with zero attached hydrogens (tertiary/aromatic N) is 4. The van der Waals surface area contributed by atoms with Gasteiger partial charge in [-0.05, 0) is 48.7 Å². The zero-order valence-corrected chi connectivity index (χ0v) is 28.2. The molecule has 2 fully saturated rings. The van der Waals surface area contributed by atoms with Crippen LogP contribution in [0.25, 0.3) is 0 Å². The summed E-state index contributed by atoms with van der Waals surface area (Å²) in [6.45, 7) is 1.72. The lowest BCUT2D eigenvalue weighted by molar-refractivity contribution is -0.385. The molecule has 19 heteroatoms. The standard InChI is InChI=1S/C32H36N6O12S/c1-18(39)27-25-13-26(28(36(25)29(27)40)30(41)49-15-19-2-6-21(7-3-19)37(44)45)51-24-12-23(17-48-11-10-34-31(33)42)35(14-24)32(43)50-16-20-4-8-22(9-5-20)38(46)47/h2-9,18,23-25,27,39H,10-17H2,1H3,(H3,33,34,42)/t18-,23+,24+,25-,27-/m1/s1. The molecule has 0 bridgehead atoms. The first-order valence-electron chi connectivity index (χ1n) is 15.9. The normalized spacial score (nSPS) is 21.5. The number of urea groups is 1. The molecule has 4 N–H and O–H groups in total. The molecule has 0 saturated carbocycles. The van der Waals surface area contributed by atoms with Gasteiger partial charge in [0.25, 0.3) is 11.4 Å². The van der Waals surface area contributed by atoms with E-state index < -0.39 is 58.0 Å². The number of carbonyl (C=O) groups is 4. The first-order valence-corrected chi connectivity index (χ1v) is 16.8. The summed E-state index contributed by atoms with van der Waals surface area (Å²) in [5.74, 6) is -1.88. The van der Waals surface area contributed by atoms with E-state index in [0.717, 1.165) is 0 Å². The van der Waals surface area contributed by atoms with Gasteiger partial charge in [0, 0.05) is 53.9 Å². The molecule has 272 valence electrons. The fourth-order valence-electron chi connectivity index (χ4n) is 6.21. The van der Waals surface area contributed by atoms with Gasteiger partial charge in [0.2, 0.25) is 5.91 Å². The Kier molecular flexibility index (Phi) is 11.7. The summed E-state index contributed by atoms with van der Waals surface area (Å²) in [6.07, 6.45) is -0.905. The lowest BCUT2D eigenvalue weighted by Crippen LogP contribution is -2.61. The number of likely N-dealkylation sites (tertiary alicyclic amines) is 1. The Bertz CT molecular complexity index is 1700. The summed E-state index contributed by atoms with van der Waals surface area (Å²) in [6, 6.07) is 9.46. The fraction of sp³-hybridized carbons (Fsp3) is 0.438. The number of fused-ring (bicyclic) bond motifs is 1. The van der Waals surface area contributed by atoms with Crippen molar-refractivity contribution < 1.29 is 48.3 Å². The van der Waals surface area contributed by atoms with E-state index in [0.29, 0.717) is 22.5 Å². The molecule has 0 unspecified atom stereocenters. The predicted molar refractivity (Wildman–Crippen MR) is 179 cm³/mol. The number of nitrogens with one attached hydrogen (secondary N) is 1. The molecule has 2 aromatic rings. The lowest BCUT2D eigenvalue weighted by Gasteiger charge is -2.44. The maximum atomic E-state index is 13.5. The van der Waals surface area contributed by atoms with Gasteiger partial charge >= 0.3 is 18.1 Å². The maximum absolute atomic E-state index is 13.5. The number of rotatable bonds is 15. The minimum Gasteiger partial charge on any atom is -0.456 e. The first kappa shape index (κ1) is 37.0. The van der Waals surface area contributed by atoms with E-state index in [9.17, 15) is 44.5 Å². The molecule has 2 saturated heterocycles. The van der Waals surface area contributed by atoms with Crippen molar-refractivity contribution in [2.24, 2.45) is 11.7 Å². The summed E-state index contributed by atoms with van der Waals surface area (Å²) in [7, 11) is 0. The molecule has 0 aromatic heterocycles. The maximum Gasteiger partial charge on any atom is 0.410 e. The molecule has 5 rings (SSSR count). The van der Waals surface area contributed by atoms with Crippen molar-refractivity contribution in [2.45, 2.75) is 56.4 Å². The van der Waals surface area contributed by atoms with E-state index in [-0.39, 0.29) is 68.3 Å². The van der Waals surface area contributed by atoms with Crippen molar-refractivity contribution in [3.05, 3.63) is 90.5 Å². The van der Waals surface area contributed by atoms with Crippen LogP contribution in [0.5, 0.6) is 0 Å². The Morgan fingerprint density at radius 3 is 2.16 bits per heavy atom. The van der Waals surface area contributed by atoms with Crippen molar-refractivity contribution in [3.8, 4) is 0 Å². The van der Waals surface area contributed by atoms with Crippen molar-refractivity contribution >= 4 is 47.1 Å². The van der Waals surface area contributed by atoms with Gasteiger partial charge in [-0.25, -0.2) is 14.4 Å². The Morgan fingerprint density at radius 1 is 1.02 bits per heavy atom. The Hall–Kier alpha value is -5.27. The van der Waals surface area contributed by atoms with Crippen molar-refractivity contribution in [3.63, 3.8) is 0 Å². The Labute approximate surface area is 295 Å². The van der Waals surface area contributed by atoms with Gasteiger partial charge in [-0.1, -0.05) is 0 Å². The van der Waals surface area contributed by atoms with Gasteiger partial charge in [-0.2, -0.15) is 0 Å². The molecule has 0 aliphatic carbocycles. The number of benzene rings is 2. The predicted octanol–water partition coefficient (Wildman–Crippen LogP) is 2.57. The summed E-state index contributed by atoms with van der Waals surface area (Å²) in [5, 5.41) is 34.4. The summed E-state index contributed by atoms with van der Waals surface area (Å²) in [4.78, 5) is 75.3. The molecule has 3 aliphatic rings. The third-order valence-electron chi connectivity index (χ3n) is 8.68. The number of nitrogens with two attached hydrogens (primary N) is 1. The molecular formula is C32H36N6O12S. The minimum atomic E-state index is -0.946. The molecule has 3 heterocycles. The lowest BCUT2D eigenvalue weighted by atomic mass is 9.83. The van der Waals surface area contributed by atoms with Crippen LogP contribution in [0.2, 0.25) is 0 Å². The number of aliphatic hydroxyl groups excluding tert-OH is 1. The molecule has 3 aliphatic heterocycles. The zero-order chi connectivity index (χ0) is 36.8. The average molecular weight is 729 g/mol. The van der Waals surface area contributed by atoms with Gasteiger partial charge in [-0.15, -0.1) is 11.8 Å². The highest BCUT2D eigenvalue weighted by Gasteiger charge is 2.57. The molecule has 2 aromatic carbocycles. The number of esters is 1. The second-order valence-electron chi connectivity index (χ2n) is 12.1. The van der Waals surface area contributed by atoms with Crippen LogP contribution in [0.15, 0.2) is 59.1 Å². The van der Waals surface area contributed by atoms with Crippen molar-refractivity contribution in [1.82, 2.24) is 15.1 Å². The van der Waals surface area contributed by atoms with E-state index in [1.54, 1.807) is 0 Å². The number of ether oxygens (including phenoxy) is 3. The van der Waals surface area contributed by atoms with Crippen LogP contribution >= 0.6 is 11.8 Å². The second-order valence-corrected chi connectivity index (χ2v) is 13.5. The number of hydrogen-bond donors (Lipinski definition) is 3. The fourth-order valence-corrected chi connectivity index (χ4v) is 7.72. The largest absolute Gasteiger partial charge is 0.456 e. The number of aliphatic hydroxyl groups is 1. The van der Waals surface area contributed by atoms with Crippen LogP contribution in [0, 0.1) is 26.1 Å². The van der Waals surface area contributed by atoms with Gasteiger partial charge < -0.3 is 40.2 Å². The SMILES string of the molecule is C[C@@H](O)[C@H]1C(=O)N2C(C(=O)OCc3ccc([N+](=O)[O-])cc3)=C(S[C@H]3C[C@@H](COCCNC(N)=O)N(C(=O)OCc4ccc([N+](=O)[O-])cc4)C3)C[C@H]12. The second kappa shape index (κ2) is 16.2. The molecule has 5 atom stereocenters. The number of primary amides is 1. The monoisotopic (exact) mass is 728 g/mol. The Balaban J connectivity index is 1.30. The van der Waals surface area contributed by atoms with Crippen molar-refractivity contribution in [2.75, 3.05) is 26.3 Å². The summed E-state index contributed by atoms with van der Waals surface area (Å²) < 4.78 is 16.8. The van der Waals surface area contributed by atoms with Gasteiger partial charge in [-0.3, -0.25) is 25.0 Å². The first-order chi connectivity index (χ1) is 24.3. The van der Waals surface area contributed by atoms with E-state index in [4.69, 9.17) is 19.9 Å². The number of amides is 4. The third kappa shape index (κ3) is 8.73. The zero-order valence-electron chi connectivity index (χ0n) is 27.4. The van der Waals surface area contributed by atoms with Crippen LogP contribution in [0.4, 0.5) is 21.0 Å². The van der Waals surface area contributed by atoms with E-state index in [1.165, 1.54) is 77.0 Å². The quantitative estimate of drug-likeness (QED) is 0.0786. The number of thioether (sulfide) groups is 1. The number of hydrogen-bond acceptors (Lipinski definition) is 13.